The fraction of sp³-hybridized carbons (Fsp3) is 0.273. The Morgan fingerprint density at radius 3 is 2.47 bits per heavy atom. The van der Waals surface area contributed by atoms with Crippen molar-refractivity contribution in [1.82, 2.24) is 4.72 Å². The van der Waals surface area contributed by atoms with Gasteiger partial charge in [-0.15, -0.1) is 0 Å². The highest BCUT2D eigenvalue weighted by Gasteiger charge is 2.18. The molecule has 0 aromatic heterocycles. The van der Waals surface area contributed by atoms with Crippen molar-refractivity contribution in [1.29, 1.82) is 0 Å². The number of carbonyl (C=O) groups excluding carboxylic acids is 3. The number of nitrogens with two attached hydrogens (primary N) is 1. The number of nitrogens with one attached hydrogen (secondary N) is 3. The average Bonchev–Trinajstić information content (AvgIpc) is 3.06. The van der Waals surface area contributed by atoms with Crippen molar-refractivity contribution in [2.45, 2.75) is 30.6 Å². The number of carbonyl (C=O) groups is 3. The Morgan fingerprint density at radius 1 is 0.971 bits per heavy atom. The largest absolute Gasteiger partial charge is 0.452 e. The molecule has 2 aromatic rings. The van der Waals surface area contributed by atoms with E-state index in [1.807, 2.05) is 0 Å². The molecule has 34 heavy (non-hydrogen) atoms. The Kier molecular flexibility index (Phi) is 8.19. The van der Waals surface area contributed by atoms with Gasteiger partial charge < -0.3 is 21.1 Å². The van der Waals surface area contributed by atoms with E-state index in [4.69, 9.17) is 10.5 Å². The maximum Gasteiger partial charge on any atom is 0.338 e. The van der Waals surface area contributed by atoms with Crippen LogP contribution in [0.5, 0.6) is 0 Å². The lowest BCUT2D eigenvalue weighted by molar-refractivity contribution is -0.119. The van der Waals surface area contributed by atoms with Crippen LogP contribution in [-0.4, -0.2) is 45.3 Å². The molecule has 0 spiro atoms. The lowest BCUT2D eigenvalue weighted by atomic mass is 10.2. The summed E-state index contributed by atoms with van der Waals surface area (Å²) in [6.07, 6.45) is 3.35. The summed E-state index contributed by atoms with van der Waals surface area (Å²) in [6.45, 7) is 0.00717. The number of benzene rings is 2. The van der Waals surface area contributed by atoms with Gasteiger partial charge in [-0.1, -0.05) is 12.5 Å². The van der Waals surface area contributed by atoms with E-state index in [0.29, 0.717) is 24.5 Å². The smallest absolute Gasteiger partial charge is 0.338 e. The van der Waals surface area contributed by atoms with Gasteiger partial charge in [0.05, 0.1) is 10.5 Å². The van der Waals surface area contributed by atoms with Gasteiger partial charge in [0.1, 0.15) is 5.84 Å². The average molecular weight is 488 g/mol. The van der Waals surface area contributed by atoms with Crippen molar-refractivity contribution in [3.63, 3.8) is 0 Å². The Bertz CT molecular complexity index is 1190. The lowest BCUT2D eigenvalue weighted by Crippen LogP contribution is -2.30. The monoisotopic (exact) mass is 487 g/mol. The number of amides is 3. The van der Waals surface area contributed by atoms with E-state index in [2.05, 4.69) is 20.3 Å². The van der Waals surface area contributed by atoms with Crippen molar-refractivity contribution < 1.29 is 27.5 Å². The van der Waals surface area contributed by atoms with E-state index >= 15 is 0 Å². The van der Waals surface area contributed by atoms with Gasteiger partial charge in [-0.05, 0) is 55.3 Å². The molecule has 1 aliphatic heterocycles. The SMILES string of the molecule is NC(=O)Nc1ccc(C(=O)OCC(=O)Nc2cccc(S(=O)(=O)NC3=NCCCCC3)c2)cc1. The van der Waals surface area contributed by atoms with E-state index in [9.17, 15) is 22.8 Å². The molecule has 12 heteroatoms. The molecule has 1 heterocycles. The van der Waals surface area contributed by atoms with Crippen LogP contribution in [0.15, 0.2) is 58.4 Å². The number of nitrogens with zero attached hydrogens (tertiary/aromatic N) is 1. The molecule has 5 N–H and O–H groups in total. The molecule has 0 saturated heterocycles. The fourth-order valence-corrected chi connectivity index (χ4v) is 4.29. The number of amidine groups is 1. The summed E-state index contributed by atoms with van der Waals surface area (Å²) in [5.74, 6) is -0.959. The number of aliphatic imine (C=N–C) groups is 1. The van der Waals surface area contributed by atoms with Gasteiger partial charge in [0.2, 0.25) is 0 Å². The normalized spacial score (nSPS) is 13.7. The van der Waals surface area contributed by atoms with Crippen LogP contribution in [-0.2, 0) is 19.6 Å². The molecule has 0 aliphatic carbocycles. The fourth-order valence-electron chi connectivity index (χ4n) is 3.16. The number of sulfonamides is 1. The van der Waals surface area contributed by atoms with E-state index in [-0.39, 0.29) is 16.1 Å². The Morgan fingerprint density at radius 2 is 1.74 bits per heavy atom. The number of rotatable bonds is 7. The molecule has 3 amide bonds. The number of esters is 1. The first-order valence-corrected chi connectivity index (χ1v) is 12.0. The van der Waals surface area contributed by atoms with Crippen LogP contribution in [0, 0.1) is 0 Å². The summed E-state index contributed by atoms with van der Waals surface area (Å²) in [6, 6.07) is 10.7. The molecule has 0 bridgehead atoms. The van der Waals surface area contributed by atoms with Gasteiger partial charge in [-0.25, -0.2) is 18.0 Å². The van der Waals surface area contributed by atoms with Crippen LogP contribution in [0.3, 0.4) is 0 Å². The second kappa shape index (κ2) is 11.3. The Balaban J connectivity index is 1.56. The zero-order valence-electron chi connectivity index (χ0n) is 18.2. The van der Waals surface area contributed by atoms with Crippen molar-refractivity contribution in [3.05, 3.63) is 54.1 Å². The van der Waals surface area contributed by atoms with E-state index in [0.717, 1.165) is 19.3 Å². The van der Waals surface area contributed by atoms with Gasteiger partial charge in [0.15, 0.2) is 6.61 Å². The maximum absolute atomic E-state index is 12.7. The van der Waals surface area contributed by atoms with Crippen molar-refractivity contribution in [2.75, 3.05) is 23.8 Å². The number of urea groups is 1. The Labute approximate surface area is 196 Å². The first-order valence-electron chi connectivity index (χ1n) is 10.5. The number of ether oxygens (including phenoxy) is 1. The van der Waals surface area contributed by atoms with Gasteiger partial charge in [0.25, 0.3) is 15.9 Å². The molecule has 2 aromatic carbocycles. The second-order valence-electron chi connectivity index (χ2n) is 7.46. The zero-order chi connectivity index (χ0) is 24.6. The van der Waals surface area contributed by atoms with Crippen LogP contribution in [0.25, 0.3) is 0 Å². The summed E-state index contributed by atoms with van der Waals surface area (Å²) < 4.78 is 32.9. The highest BCUT2D eigenvalue weighted by atomic mass is 32.2. The minimum absolute atomic E-state index is 0.0288. The van der Waals surface area contributed by atoms with Gasteiger partial charge in [-0.3, -0.25) is 14.5 Å². The quantitative estimate of drug-likeness (QED) is 0.437. The van der Waals surface area contributed by atoms with Crippen molar-refractivity contribution >= 4 is 45.1 Å². The standard InChI is InChI=1S/C22H25N5O6S/c23-22(30)26-16-10-8-15(9-11-16)21(29)33-14-20(28)25-17-5-4-6-18(13-17)34(31,32)27-19-7-2-1-3-12-24-19/h4-6,8-11,13H,1-3,7,12,14H2,(H,24,27)(H,25,28)(H3,23,26,30). The van der Waals surface area contributed by atoms with E-state index < -0.39 is 34.5 Å². The van der Waals surface area contributed by atoms with Crippen LogP contribution in [0.2, 0.25) is 0 Å². The third-order valence-electron chi connectivity index (χ3n) is 4.78. The van der Waals surface area contributed by atoms with Crippen molar-refractivity contribution in [3.8, 4) is 0 Å². The highest BCUT2D eigenvalue weighted by molar-refractivity contribution is 7.90. The van der Waals surface area contributed by atoms with Crippen LogP contribution in [0.4, 0.5) is 16.2 Å². The van der Waals surface area contributed by atoms with Crippen LogP contribution < -0.4 is 21.1 Å². The lowest BCUT2D eigenvalue weighted by Gasteiger charge is -2.11. The van der Waals surface area contributed by atoms with Crippen molar-refractivity contribution in [2.24, 2.45) is 10.7 Å². The minimum Gasteiger partial charge on any atom is -0.452 e. The molecule has 180 valence electrons. The minimum atomic E-state index is -3.86. The van der Waals surface area contributed by atoms with Crippen LogP contribution >= 0.6 is 0 Å². The van der Waals surface area contributed by atoms with Gasteiger partial charge in [-0.2, -0.15) is 0 Å². The number of hydrogen-bond acceptors (Lipinski definition) is 7. The second-order valence-corrected chi connectivity index (χ2v) is 9.15. The molecule has 0 saturated carbocycles. The van der Waals surface area contributed by atoms with E-state index in [1.54, 1.807) is 0 Å². The molecular weight excluding hydrogens is 462 g/mol. The molecule has 3 rings (SSSR count). The molecule has 0 atom stereocenters. The Hall–Kier alpha value is -3.93. The molecule has 11 nitrogen and oxygen atoms in total. The summed E-state index contributed by atoms with van der Waals surface area (Å²) in [5.41, 5.74) is 5.82. The maximum atomic E-state index is 12.7. The summed E-state index contributed by atoms with van der Waals surface area (Å²) in [7, 11) is -3.86. The number of primary amides is 1. The number of anilines is 2. The molecule has 0 fully saturated rings. The third-order valence-corrected chi connectivity index (χ3v) is 6.16. The van der Waals surface area contributed by atoms with Crippen LogP contribution in [0.1, 0.15) is 36.0 Å². The summed E-state index contributed by atoms with van der Waals surface area (Å²) in [4.78, 5) is 39.4. The number of hydrogen-bond donors (Lipinski definition) is 4. The molecule has 0 radical (unpaired) electrons. The predicted molar refractivity (Wildman–Crippen MR) is 126 cm³/mol. The molecule has 1 aliphatic rings. The van der Waals surface area contributed by atoms with Gasteiger partial charge >= 0.3 is 12.0 Å². The highest BCUT2D eigenvalue weighted by Crippen LogP contribution is 2.17. The molecule has 0 unspecified atom stereocenters. The van der Waals surface area contributed by atoms with E-state index in [1.165, 1.54) is 48.5 Å². The molecular formula is C22H25N5O6S. The third kappa shape index (κ3) is 7.30. The van der Waals surface area contributed by atoms with Gasteiger partial charge in [0, 0.05) is 24.3 Å². The predicted octanol–water partition coefficient (Wildman–Crippen LogP) is 2.22. The summed E-state index contributed by atoms with van der Waals surface area (Å²) in [5, 5.41) is 4.86. The zero-order valence-corrected chi connectivity index (χ0v) is 19.1. The topological polar surface area (TPSA) is 169 Å². The first-order chi connectivity index (χ1) is 16.2. The first kappa shape index (κ1) is 24.7. The summed E-state index contributed by atoms with van der Waals surface area (Å²) >= 11 is 0.